The lowest BCUT2D eigenvalue weighted by Gasteiger charge is -2.16. The third-order valence-electron chi connectivity index (χ3n) is 3.49. The van der Waals surface area contributed by atoms with Crippen LogP contribution in [0.5, 0.6) is 5.75 Å². The summed E-state index contributed by atoms with van der Waals surface area (Å²) in [6.07, 6.45) is 9.27. The molecule has 1 aromatic rings. The van der Waals surface area contributed by atoms with Crippen LogP contribution in [0.25, 0.3) is 0 Å². The van der Waals surface area contributed by atoms with Crippen molar-refractivity contribution in [2.75, 3.05) is 14.2 Å². The van der Waals surface area contributed by atoms with E-state index < -0.39 is 0 Å². The molecule has 0 aliphatic rings. The Balaban J connectivity index is 2.36. The lowest BCUT2D eigenvalue weighted by molar-refractivity contribution is 0.413. The van der Waals surface area contributed by atoms with Gasteiger partial charge in [0.05, 0.1) is 7.11 Å². The molecule has 1 rings (SSSR count). The maximum Gasteiger partial charge on any atom is 0.119 e. The van der Waals surface area contributed by atoms with Crippen molar-refractivity contribution in [1.29, 1.82) is 0 Å². The Morgan fingerprint density at radius 1 is 1.32 bits per heavy atom. The number of hydrogen-bond acceptors (Lipinski definition) is 2. The van der Waals surface area contributed by atoms with Gasteiger partial charge in [0.1, 0.15) is 5.75 Å². The first kappa shape index (κ1) is 15.8. The summed E-state index contributed by atoms with van der Waals surface area (Å²) in [6, 6.07) is 8.90. The molecule has 0 heterocycles. The van der Waals surface area contributed by atoms with Gasteiger partial charge in [-0.05, 0) is 50.4 Å². The van der Waals surface area contributed by atoms with E-state index in [4.69, 9.17) is 4.74 Å². The third kappa shape index (κ3) is 6.44. The molecule has 1 N–H and O–H groups in total. The van der Waals surface area contributed by atoms with Crippen LogP contribution in [-0.4, -0.2) is 20.2 Å². The van der Waals surface area contributed by atoms with Gasteiger partial charge in [-0.3, -0.25) is 0 Å². The Morgan fingerprint density at radius 3 is 2.84 bits per heavy atom. The molecule has 2 heteroatoms. The van der Waals surface area contributed by atoms with Gasteiger partial charge in [0.25, 0.3) is 0 Å². The Labute approximate surface area is 117 Å². The number of nitrogens with one attached hydrogen (secondary N) is 1. The Hall–Kier alpha value is -1.28. The molecule has 1 atom stereocenters. The fourth-order valence-corrected chi connectivity index (χ4v) is 2.29. The molecule has 0 amide bonds. The topological polar surface area (TPSA) is 21.3 Å². The molecular weight excluding hydrogens is 234 g/mol. The molecule has 0 spiro atoms. The van der Waals surface area contributed by atoms with Crippen molar-refractivity contribution in [2.45, 2.75) is 44.6 Å². The quantitative estimate of drug-likeness (QED) is 0.508. The van der Waals surface area contributed by atoms with Crippen LogP contribution in [0.15, 0.2) is 36.9 Å². The summed E-state index contributed by atoms with van der Waals surface area (Å²) in [4.78, 5) is 0. The minimum absolute atomic E-state index is 0.552. The fraction of sp³-hybridized carbons (Fsp3) is 0.529. The van der Waals surface area contributed by atoms with Gasteiger partial charge < -0.3 is 10.1 Å². The average Bonchev–Trinajstić information content (AvgIpc) is 2.46. The van der Waals surface area contributed by atoms with Crippen molar-refractivity contribution in [3.05, 3.63) is 42.5 Å². The summed E-state index contributed by atoms with van der Waals surface area (Å²) in [5, 5.41) is 3.42. The lowest BCUT2D eigenvalue weighted by atomic mass is 10.00. The second-order valence-electron chi connectivity index (χ2n) is 4.97. The monoisotopic (exact) mass is 261 g/mol. The Kier molecular flexibility index (Phi) is 7.99. The highest BCUT2D eigenvalue weighted by Gasteiger charge is 2.07. The number of allylic oxidation sites excluding steroid dienone is 1. The van der Waals surface area contributed by atoms with Crippen LogP contribution in [0, 0.1) is 0 Å². The molecule has 0 fully saturated rings. The Bertz CT molecular complexity index is 362. The molecule has 2 nitrogen and oxygen atoms in total. The Morgan fingerprint density at radius 2 is 2.16 bits per heavy atom. The highest BCUT2D eigenvalue weighted by Crippen LogP contribution is 2.16. The summed E-state index contributed by atoms with van der Waals surface area (Å²) in [5.41, 5.74) is 1.34. The first-order valence-corrected chi connectivity index (χ1v) is 7.21. The van der Waals surface area contributed by atoms with Crippen molar-refractivity contribution in [2.24, 2.45) is 0 Å². The molecule has 0 saturated carbocycles. The molecule has 0 aliphatic carbocycles. The van der Waals surface area contributed by atoms with E-state index >= 15 is 0 Å². The number of unbranched alkanes of at least 4 members (excludes halogenated alkanes) is 3. The van der Waals surface area contributed by atoms with Crippen LogP contribution >= 0.6 is 0 Å². The second-order valence-corrected chi connectivity index (χ2v) is 4.97. The van der Waals surface area contributed by atoms with Gasteiger partial charge in [0.2, 0.25) is 0 Å². The zero-order valence-electron chi connectivity index (χ0n) is 12.3. The van der Waals surface area contributed by atoms with Crippen molar-refractivity contribution >= 4 is 0 Å². The predicted molar refractivity (Wildman–Crippen MR) is 82.8 cm³/mol. The number of likely N-dealkylation sites (N-methyl/N-ethyl adjacent to an activating group) is 1. The van der Waals surface area contributed by atoms with E-state index in [0.29, 0.717) is 6.04 Å². The molecule has 0 aromatic heterocycles. The minimum atomic E-state index is 0.552. The minimum Gasteiger partial charge on any atom is -0.497 e. The number of ether oxygens (including phenoxy) is 1. The van der Waals surface area contributed by atoms with Crippen molar-refractivity contribution < 1.29 is 4.74 Å². The summed E-state index contributed by atoms with van der Waals surface area (Å²) < 4.78 is 5.27. The lowest BCUT2D eigenvalue weighted by Crippen LogP contribution is -2.27. The first-order valence-electron chi connectivity index (χ1n) is 7.21. The van der Waals surface area contributed by atoms with Crippen LogP contribution in [0.3, 0.4) is 0 Å². The van der Waals surface area contributed by atoms with E-state index in [9.17, 15) is 0 Å². The van der Waals surface area contributed by atoms with Gasteiger partial charge in [-0.25, -0.2) is 0 Å². The highest BCUT2D eigenvalue weighted by molar-refractivity contribution is 5.28. The second kappa shape index (κ2) is 9.62. The van der Waals surface area contributed by atoms with Crippen molar-refractivity contribution in [1.82, 2.24) is 5.32 Å². The van der Waals surface area contributed by atoms with E-state index in [1.54, 1.807) is 7.11 Å². The molecular formula is C17H27NO. The van der Waals surface area contributed by atoms with Gasteiger partial charge in [-0.2, -0.15) is 0 Å². The van der Waals surface area contributed by atoms with Gasteiger partial charge in [-0.1, -0.05) is 31.1 Å². The molecule has 106 valence electrons. The van der Waals surface area contributed by atoms with E-state index in [-0.39, 0.29) is 0 Å². The van der Waals surface area contributed by atoms with Crippen LogP contribution in [-0.2, 0) is 6.42 Å². The smallest absolute Gasteiger partial charge is 0.119 e. The van der Waals surface area contributed by atoms with E-state index in [1.165, 1.54) is 31.2 Å². The molecule has 0 radical (unpaired) electrons. The fourth-order valence-electron chi connectivity index (χ4n) is 2.29. The van der Waals surface area contributed by atoms with Gasteiger partial charge in [0.15, 0.2) is 0 Å². The largest absolute Gasteiger partial charge is 0.497 e. The molecule has 1 aromatic carbocycles. The summed E-state index contributed by atoms with van der Waals surface area (Å²) in [5.74, 6) is 0.943. The van der Waals surface area contributed by atoms with E-state index in [0.717, 1.165) is 18.6 Å². The SMILES string of the molecule is C=CCCCCCC(Cc1cccc(OC)c1)NC. The number of rotatable bonds is 10. The van der Waals surface area contributed by atoms with Gasteiger partial charge in [0, 0.05) is 6.04 Å². The maximum absolute atomic E-state index is 5.27. The zero-order chi connectivity index (χ0) is 13.9. The first-order chi connectivity index (χ1) is 9.30. The van der Waals surface area contributed by atoms with Crippen LogP contribution in [0.4, 0.5) is 0 Å². The van der Waals surface area contributed by atoms with Gasteiger partial charge in [-0.15, -0.1) is 6.58 Å². The predicted octanol–water partition coefficient (Wildman–Crippen LogP) is 3.96. The average molecular weight is 261 g/mol. The molecule has 0 bridgehead atoms. The van der Waals surface area contributed by atoms with E-state index in [2.05, 4.69) is 37.1 Å². The molecule has 0 aliphatic heterocycles. The number of methoxy groups -OCH3 is 1. The van der Waals surface area contributed by atoms with Crippen LogP contribution in [0.1, 0.15) is 37.7 Å². The maximum atomic E-state index is 5.27. The molecule has 1 unspecified atom stereocenters. The third-order valence-corrected chi connectivity index (χ3v) is 3.49. The number of benzene rings is 1. The summed E-state index contributed by atoms with van der Waals surface area (Å²) in [6.45, 7) is 3.76. The van der Waals surface area contributed by atoms with E-state index in [1.807, 2.05) is 12.1 Å². The standard InChI is InChI=1S/C17H27NO/c1-4-5-6-7-8-11-16(18-2)13-15-10-9-12-17(14-15)19-3/h4,9-10,12,14,16,18H,1,5-8,11,13H2,2-3H3. The van der Waals surface area contributed by atoms with Crippen LogP contribution < -0.4 is 10.1 Å². The number of hydrogen-bond donors (Lipinski definition) is 1. The van der Waals surface area contributed by atoms with Crippen LogP contribution in [0.2, 0.25) is 0 Å². The summed E-state index contributed by atoms with van der Waals surface area (Å²) >= 11 is 0. The summed E-state index contributed by atoms with van der Waals surface area (Å²) in [7, 11) is 3.77. The molecule has 0 saturated heterocycles. The van der Waals surface area contributed by atoms with Crippen molar-refractivity contribution in [3.63, 3.8) is 0 Å². The molecule has 19 heavy (non-hydrogen) atoms. The van der Waals surface area contributed by atoms with Gasteiger partial charge >= 0.3 is 0 Å². The highest BCUT2D eigenvalue weighted by atomic mass is 16.5. The zero-order valence-corrected chi connectivity index (χ0v) is 12.3. The van der Waals surface area contributed by atoms with Crippen molar-refractivity contribution in [3.8, 4) is 5.75 Å². The normalized spacial score (nSPS) is 12.1.